The zero-order valence-corrected chi connectivity index (χ0v) is 12.2. The third kappa shape index (κ3) is 2.31. The number of aldehydes is 1. The summed E-state index contributed by atoms with van der Waals surface area (Å²) in [6.07, 6.45) is 3.02. The highest BCUT2D eigenvalue weighted by Gasteiger charge is 2.34. The van der Waals surface area contributed by atoms with Crippen LogP contribution in [0.5, 0.6) is 0 Å². The molecule has 5 heteroatoms. The monoisotopic (exact) mass is 298 g/mol. The first-order valence-electron chi connectivity index (χ1n) is 7.75. The Bertz CT molecular complexity index is 729. The van der Waals surface area contributed by atoms with Crippen molar-refractivity contribution in [2.45, 2.75) is 18.9 Å². The maximum atomic E-state index is 12.5. The number of nitrogens with zero attached hydrogens (tertiary/aromatic N) is 1. The molecule has 2 aromatic rings. The molecule has 1 N–H and O–H groups in total. The molecule has 1 aromatic heterocycles. The van der Waals surface area contributed by atoms with Crippen molar-refractivity contribution in [3.63, 3.8) is 0 Å². The summed E-state index contributed by atoms with van der Waals surface area (Å²) in [5.74, 6) is 0.817. The van der Waals surface area contributed by atoms with Crippen molar-refractivity contribution in [2.24, 2.45) is 5.92 Å². The summed E-state index contributed by atoms with van der Waals surface area (Å²) in [5.41, 5.74) is 1.15. The lowest BCUT2D eigenvalue weighted by molar-refractivity contribution is 0.0620. The van der Waals surface area contributed by atoms with E-state index in [1.807, 2.05) is 6.07 Å². The normalized spacial score (nSPS) is 27.0. The largest absolute Gasteiger partial charge is 0.453 e. The van der Waals surface area contributed by atoms with Crippen LogP contribution in [-0.4, -0.2) is 42.8 Å². The van der Waals surface area contributed by atoms with E-state index in [0.717, 1.165) is 25.0 Å². The van der Waals surface area contributed by atoms with Crippen LogP contribution in [0.1, 0.15) is 33.8 Å². The predicted octanol–water partition coefficient (Wildman–Crippen LogP) is 2.07. The second kappa shape index (κ2) is 5.25. The van der Waals surface area contributed by atoms with Crippen molar-refractivity contribution < 1.29 is 14.0 Å². The molecular formula is C17H18N2O3. The van der Waals surface area contributed by atoms with Gasteiger partial charge in [-0.05, 0) is 50.0 Å². The van der Waals surface area contributed by atoms with E-state index in [1.165, 1.54) is 12.8 Å². The Kier molecular flexibility index (Phi) is 3.22. The summed E-state index contributed by atoms with van der Waals surface area (Å²) in [7, 11) is 0. The average Bonchev–Trinajstić information content (AvgIpc) is 2.98. The molecule has 0 saturated carbocycles. The van der Waals surface area contributed by atoms with Gasteiger partial charge < -0.3 is 14.6 Å². The Morgan fingerprint density at radius 1 is 1.27 bits per heavy atom. The van der Waals surface area contributed by atoms with Gasteiger partial charge in [0.25, 0.3) is 5.91 Å². The van der Waals surface area contributed by atoms with Crippen LogP contribution >= 0.6 is 0 Å². The molecule has 0 radical (unpaired) electrons. The molecule has 3 aliphatic rings. The van der Waals surface area contributed by atoms with Crippen LogP contribution in [-0.2, 0) is 0 Å². The Morgan fingerprint density at radius 2 is 2.09 bits per heavy atom. The van der Waals surface area contributed by atoms with Gasteiger partial charge >= 0.3 is 0 Å². The van der Waals surface area contributed by atoms with Crippen molar-refractivity contribution in [1.29, 1.82) is 0 Å². The molecule has 0 spiro atoms. The fraction of sp³-hybridized carbons (Fsp3) is 0.412. The average molecular weight is 298 g/mol. The Morgan fingerprint density at radius 3 is 2.77 bits per heavy atom. The topological polar surface area (TPSA) is 62.6 Å². The first-order valence-corrected chi connectivity index (χ1v) is 7.75. The molecule has 1 aromatic carbocycles. The zero-order chi connectivity index (χ0) is 15.1. The van der Waals surface area contributed by atoms with Crippen LogP contribution in [0.3, 0.4) is 0 Å². The summed E-state index contributed by atoms with van der Waals surface area (Å²) in [6.45, 7) is 3.27. The number of hydrogen-bond acceptors (Lipinski definition) is 4. The quantitative estimate of drug-likeness (QED) is 0.881. The van der Waals surface area contributed by atoms with Gasteiger partial charge in [0.1, 0.15) is 5.58 Å². The number of fused-ring (bicyclic) bond motifs is 4. The molecular weight excluding hydrogens is 280 g/mol. The van der Waals surface area contributed by atoms with Crippen molar-refractivity contribution in [3.05, 3.63) is 35.6 Å². The van der Waals surface area contributed by atoms with Crippen molar-refractivity contribution >= 4 is 23.2 Å². The molecule has 22 heavy (non-hydrogen) atoms. The molecule has 1 atom stereocenters. The maximum Gasteiger partial charge on any atom is 0.251 e. The molecule has 4 heterocycles. The second-order valence-corrected chi connectivity index (χ2v) is 6.24. The predicted molar refractivity (Wildman–Crippen MR) is 82.0 cm³/mol. The van der Waals surface area contributed by atoms with Crippen molar-refractivity contribution in [1.82, 2.24) is 10.2 Å². The lowest BCUT2D eigenvalue weighted by atomic mass is 9.84. The van der Waals surface area contributed by atoms with Gasteiger partial charge in [-0.1, -0.05) is 6.07 Å². The van der Waals surface area contributed by atoms with Crippen LogP contribution in [0.15, 0.2) is 28.7 Å². The number of furan rings is 1. The third-order valence-corrected chi connectivity index (χ3v) is 4.89. The molecule has 5 rings (SSSR count). The highest BCUT2D eigenvalue weighted by atomic mass is 16.3. The summed E-state index contributed by atoms with van der Waals surface area (Å²) >= 11 is 0. The van der Waals surface area contributed by atoms with Gasteiger partial charge in [-0.15, -0.1) is 0 Å². The second-order valence-electron chi connectivity index (χ2n) is 6.24. The number of carbonyl (C=O) groups is 2. The molecule has 0 unspecified atom stereocenters. The van der Waals surface area contributed by atoms with Crippen LogP contribution in [0, 0.1) is 5.92 Å². The molecule has 3 fully saturated rings. The van der Waals surface area contributed by atoms with Gasteiger partial charge in [0, 0.05) is 23.5 Å². The zero-order valence-electron chi connectivity index (χ0n) is 12.2. The maximum absolute atomic E-state index is 12.5. The van der Waals surface area contributed by atoms with E-state index in [4.69, 9.17) is 4.42 Å². The summed E-state index contributed by atoms with van der Waals surface area (Å²) in [5, 5.41) is 3.99. The van der Waals surface area contributed by atoms with Gasteiger partial charge in [-0.3, -0.25) is 9.59 Å². The van der Waals surface area contributed by atoms with E-state index in [2.05, 4.69) is 10.2 Å². The van der Waals surface area contributed by atoms with Gasteiger partial charge in [0.15, 0.2) is 12.0 Å². The van der Waals surface area contributed by atoms with Gasteiger partial charge in [0.05, 0.1) is 0 Å². The molecule has 3 aliphatic heterocycles. The van der Waals surface area contributed by atoms with Crippen LogP contribution in [0.2, 0.25) is 0 Å². The van der Waals surface area contributed by atoms with Crippen molar-refractivity contribution in [2.75, 3.05) is 19.6 Å². The fourth-order valence-electron chi connectivity index (χ4n) is 3.63. The number of nitrogens with one attached hydrogen (secondary N) is 1. The van der Waals surface area contributed by atoms with E-state index in [9.17, 15) is 9.59 Å². The lowest BCUT2D eigenvalue weighted by Gasteiger charge is -2.44. The highest BCUT2D eigenvalue weighted by molar-refractivity contribution is 5.98. The standard InChI is InChI=1S/C17H18N2O3/c20-10-14-7-12-1-2-13(8-16(12)22-14)17(21)18-15-9-19-5-3-11(15)4-6-19/h1-2,7-8,10-11,15H,3-6,9H2,(H,18,21)/t15-/m0/s1. The van der Waals surface area contributed by atoms with Crippen LogP contribution in [0.4, 0.5) is 0 Å². The van der Waals surface area contributed by atoms with Crippen LogP contribution < -0.4 is 5.32 Å². The highest BCUT2D eigenvalue weighted by Crippen LogP contribution is 2.28. The van der Waals surface area contributed by atoms with E-state index in [1.54, 1.807) is 18.2 Å². The lowest BCUT2D eigenvalue weighted by Crippen LogP contribution is -2.57. The molecule has 5 nitrogen and oxygen atoms in total. The summed E-state index contributed by atoms with van der Waals surface area (Å²) in [4.78, 5) is 25.6. The van der Waals surface area contributed by atoms with E-state index in [0.29, 0.717) is 23.4 Å². The minimum absolute atomic E-state index is 0.0651. The number of amides is 1. The smallest absolute Gasteiger partial charge is 0.251 e. The van der Waals surface area contributed by atoms with Gasteiger partial charge in [-0.25, -0.2) is 0 Å². The SMILES string of the molecule is O=Cc1cc2ccc(C(=O)N[C@H]3CN4CCC3CC4)cc2o1. The first-order chi connectivity index (χ1) is 10.7. The number of piperidine rings is 3. The minimum atomic E-state index is -0.0651. The van der Waals surface area contributed by atoms with Crippen molar-refractivity contribution in [3.8, 4) is 0 Å². The summed E-state index contributed by atoms with van der Waals surface area (Å²) < 4.78 is 5.39. The molecule has 2 bridgehead atoms. The minimum Gasteiger partial charge on any atom is -0.453 e. The van der Waals surface area contributed by atoms with Gasteiger partial charge in [0.2, 0.25) is 0 Å². The molecule has 114 valence electrons. The van der Waals surface area contributed by atoms with E-state index in [-0.39, 0.29) is 17.7 Å². The van der Waals surface area contributed by atoms with E-state index >= 15 is 0 Å². The number of carbonyl (C=O) groups excluding carboxylic acids is 2. The van der Waals surface area contributed by atoms with E-state index < -0.39 is 0 Å². The molecule has 0 aliphatic carbocycles. The number of benzene rings is 1. The summed E-state index contributed by atoms with van der Waals surface area (Å²) in [6, 6.07) is 7.23. The fourth-order valence-corrected chi connectivity index (χ4v) is 3.63. The molecule has 1 amide bonds. The number of rotatable bonds is 3. The first kappa shape index (κ1) is 13.5. The Balaban J connectivity index is 1.53. The van der Waals surface area contributed by atoms with Crippen LogP contribution in [0.25, 0.3) is 11.0 Å². The Labute approximate surface area is 128 Å². The third-order valence-electron chi connectivity index (χ3n) is 4.89. The Hall–Kier alpha value is -2.14. The van der Waals surface area contributed by atoms with Gasteiger partial charge in [-0.2, -0.15) is 0 Å². The number of hydrogen-bond donors (Lipinski definition) is 1. The molecule has 3 saturated heterocycles.